The zero-order valence-electron chi connectivity index (χ0n) is 11.7. The Kier molecular flexibility index (Phi) is 2.62. The van der Waals surface area contributed by atoms with Crippen molar-refractivity contribution in [2.45, 2.75) is 25.6 Å². The van der Waals surface area contributed by atoms with Crippen LogP contribution in [-0.4, -0.2) is 35.5 Å². The lowest BCUT2D eigenvalue weighted by molar-refractivity contribution is 0.0606. The van der Waals surface area contributed by atoms with Crippen molar-refractivity contribution < 1.29 is 14.3 Å². The molecule has 4 nitrogen and oxygen atoms in total. The molecule has 0 aromatic heterocycles. The molecular weight excluding hydrogens is 266 g/mol. The SMILES string of the molecule is CC1OC1CCN1C(=O)c2cccc3cccc(c23)C1=O. The summed E-state index contributed by atoms with van der Waals surface area (Å²) in [7, 11) is 0. The zero-order chi connectivity index (χ0) is 14.6. The Morgan fingerprint density at radius 2 is 1.62 bits per heavy atom. The average molecular weight is 281 g/mol. The molecule has 2 unspecified atom stereocenters. The first-order valence-electron chi connectivity index (χ1n) is 7.20. The van der Waals surface area contributed by atoms with E-state index in [4.69, 9.17) is 4.74 Å². The average Bonchev–Trinajstić information content (AvgIpc) is 3.20. The normalized spacial score (nSPS) is 23.8. The summed E-state index contributed by atoms with van der Waals surface area (Å²) in [5.74, 6) is -0.393. The van der Waals surface area contributed by atoms with Gasteiger partial charge in [0, 0.05) is 23.1 Å². The standard InChI is InChI=1S/C17H15NO3/c1-10-14(21-10)8-9-18-16(19)12-6-2-4-11-5-3-7-13(15(11)12)17(18)20/h2-7,10,14H,8-9H2,1H3. The minimum Gasteiger partial charge on any atom is -0.370 e. The molecule has 1 saturated heterocycles. The van der Waals surface area contributed by atoms with E-state index < -0.39 is 0 Å². The molecule has 2 aromatic rings. The molecule has 0 aliphatic carbocycles. The van der Waals surface area contributed by atoms with E-state index in [2.05, 4.69) is 0 Å². The topological polar surface area (TPSA) is 49.9 Å². The van der Waals surface area contributed by atoms with Gasteiger partial charge in [0.25, 0.3) is 11.8 Å². The molecule has 4 heteroatoms. The van der Waals surface area contributed by atoms with E-state index >= 15 is 0 Å². The molecule has 0 radical (unpaired) electrons. The third-order valence-corrected chi connectivity index (χ3v) is 4.33. The first kappa shape index (κ1) is 12.5. The number of hydrogen-bond acceptors (Lipinski definition) is 3. The molecule has 2 aromatic carbocycles. The Bertz CT molecular complexity index is 717. The minimum absolute atomic E-state index is 0.179. The molecule has 0 bridgehead atoms. The summed E-state index contributed by atoms with van der Waals surface area (Å²) < 4.78 is 5.36. The maximum absolute atomic E-state index is 12.6. The minimum atomic E-state index is -0.197. The highest BCUT2D eigenvalue weighted by Gasteiger charge is 2.37. The molecule has 0 saturated carbocycles. The van der Waals surface area contributed by atoms with Gasteiger partial charge in [0.2, 0.25) is 0 Å². The van der Waals surface area contributed by atoms with E-state index in [1.165, 1.54) is 4.90 Å². The molecule has 2 atom stereocenters. The van der Waals surface area contributed by atoms with Crippen LogP contribution in [0.1, 0.15) is 34.1 Å². The number of carbonyl (C=O) groups excluding carboxylic acids is 2. The van der Waals surface area contributed by atoms with Crippen molar-refractivity contribution in [3.8, 4) is 0 Å². The fourth-order valence-electron chi connectivity index (χ4n) is 3.07. The second kappa shape index (κ2) is 4.40. The smallest absolute Gasteiger partial charge is 0.261 e. The Labute approximate surface area is 122 Å². The number of amides is 2. The predicted octanol–water partition coefficient (Wildman–Crippen LogP) is 2.61. The summed E-state index contributed by atoms with van der Waals surface area (Å²) >= 11 is 0. The third-order valence-electron chi connectivity index (χ3n) is 4.33. The van der Waals surface area contributed by atoms with Crippen LogP contribution in [0.3, 0.4) is 0 Å². The summed E-state index contributed by atoms with van der Waals surface area (Å²) in [6.45, 7) is 2.41. The number of rotatable bonds is 3. The van der Waals surface area contributed by atoms with Gasteiger partial charge < -0.3 is 4.74 Å². The zero-order valence-corrected chi connectivity index (χ0v) is 11.7. The predicted molar refractivity (Wildman–Crippen MR) is 78.3 cm³/mol. The van der Waals surface area contributed by atoms with E-state index in [-0.39, 0.29) is 24.0 Å². The molecule has 21 heavy (non-hydrogen) atoms. The maximum atomic E-state index is 12.6. The van der Waals surface area contributed by atoms with Gasteiger partial charge in [-0.25, -0.2) is 0 Å². The van der Waals surface area contributed by atoms with Crippen molar-refractivity contribution in [3.63, 3.8) is 0 Å². The van der Waals surface area contributed by atoms with Crippen LogP contribution in [0.25, 0.3) is 10.8 Å². The molecule has 106 valence electrons. The Balaban J connectivity index is 1.74. The van der Waals surface area contributed by atoms with Gasteiger partial charge in [0.1, 0.15) is 0 Å². The fourth-order valence-corrected chi connectivity index (χ4v) is 3.07. The number of benzene rings is 2. The largest absolute Gasteiger partial charge is 0.370 e. The molecule has 4 rings (SSSR count). The van der Waals surface area contributed by atoms with Crippen LogP contribution in [0, 0.1) is 0 Å². The molecule has 2 aliphatic heterocycles. The first-order valence-corrected chi connectivity index (χ1v) is 7.20. The van der Waals surface area contributed by atoms with E-state index in [1.807, 2.05) is 31.2 Å². The monoisotopic (exact) mass is 281 g/mol. The summed E-state index contributed by atoms with van der Waals surface area (Å²) in [4.78, 5) is 26.5. The number of imide groups is 1. The third kappa shape index (κ3) is 1.87. The number of epoxide rings is 1. The summed E-state index contributed by atoms with van der Waals surface area (Å²) in [5.41, 5.74) is 1.24. The summed E-state index contributed by atoms with van der Waals surface area (Å²) in [6, 6.07) is 11.2. The van der Waals surface area contributed by atoms with E-state index in [0.717, 1.165) is 10.8 Å². The second-order valence-corrected chi connectivity index (χ2v) is 5.64. The van der Waals surface area contributed by atoms with Crippen molar-refractivity contribution in [2.24, 2.45) is 0 Å². The van der Waals surface area contributed by atoms with Gasteiger partial charge >= 0.3 is 0 Å². The van der Waals surface area contributed by atoms with Crippen molar-refractivity contribution in [2.75, 3.05) is 6.54 Å². The summed E-state index contributed by atoms with van der Waals surface area (Å²) in [5, 5.41) is 1.72. The van der Waals surface area contributed by atoms with Crippen LogP contribution in [0.2, 0.25) is 0 Å². The van der Waals surface area contributed by atoms with Crippen LogP contribution >= 0.6 is 0 Å². The van der Waals surface area contributed by atoms with Gasteiger partial charge in [-0.15, -0.1) is 0 Å². The number of hydrogen-bond donors (Lipinski definition) is 0. The van der Waals surface area contributed by atoms with Crippen LogP contribution < -0.4 is 0 Å². The lowest BCUT2D eigenvalue weighted by Crippen LogP contribution is -2.41. The van der Waals surface area contributed by atoms with Crippen molar-refractivity contribution >= 4 is 22.6 Å². The van der Waals surface area contributed by atoms with Gasteiger partial charge in [-0.2, -0.15) is 0 Å². The fraction of sp³-hybridized carbons (Fsp3) is 0.294. The highest BCUT2D eigenvalue weighted by Crippen LogP contribution is 2.31. The van der Waals surface area contributed by atoms with Crippen LogP contribution in [0.15, 0.2) is 36.4 Å². The van der Waals surface area contributed by atoms with Crippen molar-refractivity contribution in [1.82, 2.24) is 4.90 Å². The van der Waals surface area contributed by atoms with E-state index in [0.29, 0.717) is 24.1 Å². The maximum Gasteiger partial charge on any atom is 0.261 e. The number of ether oxygens (including phenoxy) is 1. The lowest BCUT2D eigenvalue weighted by atomic mass is 9.94. The molecule has 1 fully saturated rings. The van der Waals surface area contributed by atoms with E-state index in [1.54, 1.807) is 12.1 Å². The Hall–Kier alpha value is -2.20. The molecule has 0 spiro atoms. The van der Waals surface area contributed by atoms with Crippen molar-refractivity contribution in [3.05, 3.63) is 47.5 Å². The Morgan fingerprint density at radius 1 is 1.05 bits per heavy atom. The molecule has 0 N–H and O–H groups in total. The van der Waals surface area contributed by atoms with Gasteiger partial charge in [-0.05, 0) is 30.9 Å². The molecule has 2 aliphatic rings. The quantitative estimate of drug-likeness (QED) is 0.642. The Morgan fingerprint density at radius 3 is 2.14 bits per heavy atom. The number of carbonyl (C=O) groups is 2. The summed E-state index contributed by atoms with van der Waals surface area (Å²) in [6.07, 6.45) is 1.13. The van der Waals surface area contributed by atoms with Crippen LogP contribution in [0.4, 0.5) is 0 Å². The van der Waals surface area contributed by atoms with Gasteiger partial charge in [-0.1, -0.05) is 24.3 Å². The first-order chi connectivity index (χ1) is 10.2. The highest BCUT2D eigenvalue weighted by molar-refractivity contribution is 6.25. The lowest BCUT2D eigenvalue weighted by Gasteiger charge is -2.27. The van der Waals surface area contributed by atoms with Crippen molar-refractivity contribution in [1.29, 1.82) is 0 Å². The molecular formula is C17H15NO3. The van der Waals surface area contributed by atoms with Crippen LogP contribution in [0.5, 0.6) is 0 Å². The molecule has 2 heterocycles. The van der Waals surface area contributed by atoms with Crippen LogP contribution in [-0.2, 0) is 4.74 Å². The highest BCUT2D eigenvalue weighted by atomic mass is 16.6. The molecule has 2 amide bonds. The van der Waals surface area contributed by atoms with Gasteiger partial charge in [0.15, 0.2) is 0 Å². The number of nitrogens with zero attached hydrogens (tertiary/aromatic N) is 1. The second-order valence-electron chi connectivity index (χ2n) is 5.64. The van der Waals surface area contributed by atoms with E-state index in [9.17, 15) is 9.59 Å². The van der Waals surface area contributed by atoms with Gasteiger partial charge in [-0.3, -0.25) is 14.5 Å². The van der Waals surface area contributed by atoms with Gasteiger partial charge in [0.05, 0.1) is 12.2 Å².